The van der Waals surface area contributed by atoms with E-state index in [0.717, 1.165) is 16.8 Å². The number of anilines is 1. The van der Waals surface area contributed by atoms with E-state index in [1.54, 1.807) is 61.7 Å². The number of Topliss-reactive ketones (excluding diaryl/α,β-unsaturated/α-hetero) is 3. The van der Waals surface area contributed by atoms with Crippen LogP contribution in [0.3, 0.4) is 0 Å². The summed E-state index contributed by atoms with van der Waals surface area (Å²) in [6.45, 7) is 1.96. The Balaban J connectivity index is 1.57. The molecule has 4 aromatic carbocycles. The average molecular weight is 590 g/mol. The Bertz CT molecular complexity index is 1830. The number of methoxy groups -OCH3 is 2. The molecule has 7 heteroatoms. The van der Waals surface area contributed by atoms with Crippen LogP contribution in [0.5, 0.6) is 11.5 Å². The molecule has 4 aromatic rings. The lowest BCUT2D eigenvalue weighted by atomic mass is 9.64. The summed E-state index contributed by atoms with van der Waals surface area (Å²) in [6, 6.07) is 23.4. The Morgan fingerprint density at radius 2 is 1.56 bits per heavy atom. The minimum absolute atomic E-state index is 0.197. The minimum atomic E-state index is -1.63. The average Bonchev–Trinajstić information content (AvgIpc) is 3.46. The van der Waals surface area contributed by atoms with Gasteiger partial charge in [0.05, 0.1) is 20.3 Å². The van der Waals surface area contributed by atoms with E-state index in [-0.39, 0.29) is 17.3 Å². The summed E-state index contributed by atoms with van der Waals surface area (Å²) in [7, 11) is 3.09. The van der Waals surface area contributed by atoms with Gasteiger partial charge in [-0.05, 0) is 36.8 Å². The summed E-state index contributed by atoms with van der Waals surface area (Å²) in [6.07, 6.45) is 3.78. The van der Waals surface area contributed by atoms with Gasteiger partial charge in [-0.1, -0.05) is 83.9 Å². The van der Waals surface area contributed by atoms with Crippen LogP contribution in [-0.4, -0.2) is 43.7 Å². The number of ketones is 3. The number of fused-ring (bicyclic) bond motifs is 5. The molecule has 0 radical (unpaired) electrons. The number of halogens is 1. The van der Waals surface area contributed by atoms with Gasteiger partial charge in [-0.15, -0.1) is 0 Å². The largest absolute Gasteiger partial charge is 0.497 e. The number of aryl methyl sites for hydroxylation is 1. The van der Waals surface area contributed by atoms with E-state index in [4.69, 9.17) is 21.1 Å². The third-order valence-corrected chi connectivity index (χ3v) is 9.38. The molecule has 3 atom stereocenters. The standard InChI is InChI=1S/C36H28ClNO5/c1-20-8-10-21(11-9-20)33(39)32-31(27-15-14-24(42-2)19-29(27)43-3)36(34(40)25-6-4-5-7-26(25)35(36)41)30-17-12-22-18-23(37)13-16-28(22)38(30)32/h4-19,30-32H,1-3H3/t30-,31-,32+/m1/s1. The van der Waals surface area contributed by atoms with Gasteiger partial charge in [-0.2, -0.15) is 0 Å². The van der Waals surface area contributed by atoms with Crippen molar-refractivity contribution < 1.29 is 23.9 Å². The van der Waals surface area contributed by atoms with Gasteiger partial charge < -0.3 is 14.4 Å². The molecule has 0 bridgehead atoms. The highest BCUT2D eigenvalue weighted by Gasteiger charge is 2.72. The summed E-state index contributed by atoms with van der Waals surface area (Å²) in [5.41, 5.74) is 2.72. The minimum Gasteiger partial charge on any atom is -0.497 e. The first-order chi connectivity index (χ1) is 20.8. The molecule has 6 nitrogen and oxygen atoms in total. The second-order valence-corrected chi connectivity index (χ2v) is 11.7. The maximum Gasteiger partial charge on any atom is 0.185 e. The van der Waals surface area contributed by atoms with Gasteiger partial charge in [0, 0.05) is 44.9 Å². The summed E-state index contributed by atoms with van der Waals surface area (Å²) in [5.74, 6) is -0.705. The molecule has 1 aliphatic carbocycles. The number of rotatable bonds is 5. The van der Waals surface area contributed by atoms with Crippen molar-refractivity contribution in [1.29, 1.82) is 0 Å². The highest BCUT2D eigenvalue weighted by Crippen LogP contribution is 2.62. The predicted octanol–water partition coefficient (Wildman–Crippen LogP) is 6.98. The summed E-state index contributed by atoms with van der Waals surface area (Å²) >= 11 is 6.39. The maximum atomic E-state index is 14.8. The van der Waals surface area contributed by atoms with E-state index in [0.29, 0.717) is 38.8 Å². The third-order valence-electron chi connectivity index (χ3n) is 9.15. The summed E-state index contributed by atoms with van der Waals surface area (Å²) < 4.78 is 11.3. The van der Waals surface area contributed by atoms with Gasteiger partial charge in [0.25, 0.3) is 0 Å². The Kier molecular flexibility index (Phi) is 6.29. The van der Waals surface area contributed by atoms with E-state index >= 15 is 0 Å². The van der Waals surface area contributed by atoms with Gasteiger partial charge >= 0.3 is 0 Å². The monoisotopic (exact) mass is 589 g/mol. The van der Waals surface area contributed by atoms with Crippen LogP contribution in [0.15, 0.2) is 91.0 Å². The van der Waals surface area contributed by atoms with Gasteiger partial charge in [0.1, 0.15) is 23.0 Å². The maximum absolute atomic E-state index is 14.8. The van der Waals surface area contributed by atoms with Gasteiger partial charge in [-0.25, -0.2) is 0 Å². The third kappa shape index (κ3) is 3.76. The molecule has 0 saturated carbocycles. The lowest BCUT2D eigenvalue weighted by molar-refractivity contribution is 0.0665. The quantitative estimate of drug-likeness (QED) is 0.185. The molecule has 7 rings (SSSR count). The Morgan fingerprint density at radius 1 is 0.860 bits per heavy atom. The molecule has 1 saturated heterocycles. The first kappa shape index (κ1) is 27.2. The van der Waals surface area contributed by atoms with Gasteiger partial charge in [-0.3, -0.25) is 14.4 Å². The Hall–Kier alpha value is -4.68. The second kappa shape index (κ2) is 9.96. The summed E-state index contributed by atoms with van der Waals surface area (Å²) in [5, 5.41) is 0.547. The van der Waals surface area contributed by atoms with Gasteiger partial charge in [0.2, 0.25) is 0 Å². The van der Waals surface area contributed by atoms with Crippen molar-refractivity contribution in [2.45, 2.75) is 24.9 Å². The fourth-order valence-corrected chi connectivity index (χ4v) is 7.44. The molecule has 0 amide bonds. The molecule has 3 aliphatic rings. The fourth-order valence-electron chi connectivity index (χ4n) is 7.26. The molecule has 43 heavy (non-hydrogen) atoms. The molecule has 0 unspecified atom stereocenters. The zero-order chi connectivity index (χ0) is 30.0. The lowest BCUT2D eigenvalue weighted by Crippen LogP contribution is -2.48. The number of ether oxygens (including phenoxy) is 2. The number of carbonyl (C=O) groups excluding carboxylic acids is 3. The van der Waals surface area contributed by atoms with Crippen molar-refractivity contribution in [3.05, 3.63) is 129 Å². The number of hydrogen-bond donors (Lipinski definition) is 0. The van der Waals surface area contributed by atoms with E-state index < -0.39 is 23.4 Å². The van der Waals surface area contributed by atoms with Gasteiger partial charge in [0.15, 0.2) is 17.3 Å². The van der Waals surface area contributed by atoms with Crippen LogP contribution in [0, 0.1) is 12.3 Å². The molecule has 1 spiro atoms. The second-order valence-electron chi connectivity index (χ2n) is 11.2. The van der Waals surface area contributed by atoms with Crippen LogP contribution in [0.2, 0.25) is 5.02 Å². The summed E-state index contributed by atoms with van der Waals surface area (Å²) in [4.78, 5) is 46.5. The first-order valence-electron chi connectivity index (χ1n) is 14.1. The van der Waals surface area contributed by atoms with Crippen molar-refractivity contribution in [1.82, 2.24) is 0 Å². The van der Waals surface area contributed by atoms with Crippen molar-refractivity contribution in [2.75, 3.05) is 19.1 Å². The lowest BCUT2D eigenvalue weighted by Gasteiger charge is -2.37. The molecule has 1 fully saturated rings. The number of hydrogen-bond acceptors (Lipinski definition) is 6. The highest BCUT2D eigenvalue weighted by molar-refractivity contribution is 6.33. The van der Waals surface area contributed by atoms with E-state index in [9.17, 15) is 14.4 Å². The van der Waals surface area contributed by atoms with Crippen LogP contribution < -0.4 is 14.4 Å². The van der Waals surface area contributed by atoms with Crippen LogP contribution in [0.25, 0.3) is 6.08 Å². The molecular weight excluding hydrogens is 562 g/mol. The SMILES string of the molecule is COc1ccc([C@@H]2[C@@H](C(=O)c3ccc(C)cc3)N3c4ccc(Cl)cc4C=C[C@@H]3C23C(=O)c2ccccc2C3=O)c(OC)c1. The molecule has 0 N–H and O–H groups in total. The molecule has 214 valence electrons. The van der Waals surface area contributed by atoms with E-state index in [2.05, 4.69) is 0 Å². The molecular formula is C36H28ClNO5. The molecule has 0 aromatic heterocycles. The van der Waals surface area contributed by atoms with Crippen LogP contribution in [-0.2, 0) is 0 Å². The van der Waals surface area contributed by atoms with Crippen molar-refractivity contribution in [3.63, 3.8) is 0 Å². The van der Waals surface area contributed by atoms with Crippen molar-refractivity contribution in [3.8, 4) is 11.5 Å². The topological polar surface area (TPSA) is 72.9 Å². The first-order valence-corrected chi connectivity index (χ1v) is 14.5. The normalized spacial score (nSPS) is 21.0. The van der Waals surface area contributed by atoms with Crippen LogP contribution >= 0.6 is 11.6 Å². The molecule has 2 heterocycles. The number of carbonyl (C=O) groups is 3. The predicted molar refractivity (Wildman–Crippen MR) is 166 cm³/mol. The Labute approximate surface area is 254 Å². The number of benzene rings is 4. The van der Waals surface area contributed by atoms with E-state index in [1.165, 1.54) is 7.11 Å². The number of nitrogens with zero attached hydrogens (tertiary/aromatic N) is 1. The molecule has 2 aliphatic heterocycles. The van der Waals surface area contributed by atoms with Crippen molar-refractivity contribution >= 4 is 40.7 Å². The Morgan fingerprint density at radius 3 is 2.21 bits per heavy atom. The van der Waals surface area contributed by atoms with Crippen LogP contribution in [0.4, 0.5) is 5.69 Å². The van der Waals surface area contributed by atoms with E-state index in [1.807, 2.05) is 54.3 Å². The zero-order valence-electron chi connectivity index (χ0n) is 23.8. The van der Waals surface area contributed by atoms with Crippen molar-refractivity contribution in [2.24, 2.45) is 5.41 Å². The fraction of sp³-hybridized carbons (Fsp3) is 0.194. The smallest absolute Gasteiger partial charge is 0.185 e. The van der Waals surface area contributed by atoms with Crippen LogP contribution in [0.1, 0.15) is 53.7 Å². The zero-order valence-corrected chi connectivity index (χ0v) is 24.6. The highest BCUT2D eigenvalue weighted by atomic mass is 35.5.